The minimum atomic E-state index is -0.598. The van der Waals surface area contributed by atoms with E-state index in [0.717, 1.165) is 29.6 Å². The Morgan fingerprint density at radius 1 is 1.13 bits per heavy atom. The van der Waals surface area contributed by atoms with Crippen LogP contribution in [0.3, 0.4) is 0 Å². The molecule has 1 fully saturated rings. The Morgan fingerprint density at radius 2 is 1.97 bits per heavy atom. The maximum atomic E-state index is 12.9. The van der Waals surface area contributed by atoms with Crippen LogP contribution in [0.5, 0.6) is 0 Å². The van der Waals surface area contributed by atoms with Crippen LogP contribution in [0.1, 0.15) is 43.0 Å². The number of hydrogen-bond acceptors (Lipinski definition) is 3. The minimum absolute atomic E-state index is 0.146. The van der Waals surface area contributed by atoms with Gasteiger partial charge in [-0.05, 0) is 43.2 Å². The van der Waals surface area contributed by atoms with Crippen molar-refractivity contribution in [3.63, 3.8) is 0 Å². The zero-order valence-electron chi connectivity index (χ0n) is 17.7. The SMILES string of the molecule is CCCn1cc([C@@H](C)[C@H]2NC(=O)[C@H](Cc3ccccn3)NC2=O)c2cc(C)ccc21. The second-order valence-corrected chi connectivity index (χ2v) is 8.16. The third-order valence-electron chi connectivity index (χ3n) is 5.88. The predicted octanol–water partition coefficient (Wildman–Crippen LogP) is 3.08. The van der Waals surface area contributed by atoms with Crippen LogP contribution in [-0.4, -0.2) is 33.4 Å². The Kier molecular flexibility index (Phi) is 5.57. The number of nitrogens with one attached hydrogen (secondary N) is 2. The first-order valence-electron chi connectivity index (χ1n) is 10.6. The molecule has 2 amide bonds. The number of hydrogen-bond donors (Lipinski definition) is 2. The van der Waals surface area contributed by atoms with Crippen molar-refractivity contribution < 1.29 is 9.59 Å². The first kappa shape index (κ1) is 20.1. The summed E-state index contributed by atoms with van der Waals surface area (Å²) in [4.78, 5) is 30.0. The highest BCUT2D eigenvalue weighted by Gasteiger charge is 2.38. The Balaban J connectivity index is 1.58. The second kappa shape index (κ2) is 8.30. The van der Waals surface area contributed by atoms with E-state index < -0.39 is 12.1 Å². The number of benzene rings is 1. The molecule has 3 atom stereocenters. The van der Waals surface area contributed by atoms with Gasteiger partial charge >= 0.3 is 0 Å². The monoisotopic (exact) mass is 404 g/mol. The van der Waals surface area contributed by atoms with E-state index >= 15 is 0 Å². The number of nitrogens with zero attached hydrogens (tertiary/aromatic N) is 2. The summed E-state index contributed by atoms with van der Waals surface area (Å²) in [5.41, 5.74) is 4.21. The van der Waals surface area contributed by atoms with Crippen LogP contribution >= 0.6 is 0 Å². The highest BCUT2D eigenvalue weighted by molar-refractivity contribution is 5.98. The van der Waals surface area contributed by atoms with E-state index in [4.69, 9.17) is 0 Å². The quantitative estimate of drug-likeness (QED) is 0.663. The van der Waals surface area contributed by atoms with Crippen LogP contribution in [0.15, 0.2) is 48.8 Å². The third kappa shape index (κ3) is 3.82. The number of carbonyl (C=O) groups excluding carboxylic acids is 2. The van der Waals surface area contributed by atoms with Crippen molar-refractivity contribution in [3.8, 4) is 0 Å². The van der Waals surface area contributed by atoms with Gasteiger partial charge in [-0.1, -0.05) is 31.5 Å². The molecule has 6 nitrogen and oxygen atoms in total. The van der Waals surface area contributed by atoms with Crippen molar-refractivity contribution in [2.24, 2.45) is 0 Å². The van der Waals surface area contributed by atoms with E-state index in [0.29, 0.717) is 6.42 Å². The van der Waals surface area contributed by atoms with Crippen LogP contribution in [0.4, 0.5) is 0 Å². The van der Waals surface area contributed by atoms with Crippen molar-refractivity contribution in [2.45, 2.75) is 58.2 Å². The highest BCUT2D eigenvalue weighted by Crippen LogP contribution is 2.31. The van der Waals surface area contributed by atoms with Gasteiger partial charge < -0.3 is 15.2 Å². The van der Waals surface area contributed by atoms with Gasteiger partial charge in [-0.2, -0.15) is 0 Å². The predicted molar refractivity (Wildman–Crippen MR) is 117 cm³/mol. The summed E-state index contributed by atoms with van der Waals surface area (Å²) in [6.45, 7) is 7.15. The third-order valence-corrected chi connectivity index (χ3v) is 5.88. The molecule has 0 bridgehead atoms. The fourth-order valence-electron chi connectivity index (χ4n) is 4.28. The number of rotatable bonds is 6. The molecule has 156 valence electrons. The first-order valence-corrected chi connectivity index (χ1v) is 10.6. The molecule has 1 aliphatic heterocycles. The second-order valence-electron chi connectivity index (χ2n) is 8.16. The van der Waals surface area contributed by atoms with Gasteiger partial charge in [0.25, 0.3) is 0 Å². The lowest BCUT2D eigenvalue weighted by Crippen LogP contribution is -2.63. The number of amides is 2. The molecule has 0 saturated carbocycles. The lowest BCUT2D eigenvalue weighted by molar-refractivity contribution is -0.137. The fraction of sp³-hybridized carbons (Fsp3) is 0.375. The number of pyridine rings is 1. The molecule has 6 heteroatoms. The lowest BCUT2D eigenvalue weighted by Gasteiger charge is -2.32. The lowest BCUT2D eigenvalue weighted by atomic mass is 9.89. The molecular formula is C24H28N4O2. The fourth-order valence-corrected chi connectivity index (χ4v) is 4.28. The normalized spacial score (nSPS) is 20.1. The summed E-state index contributed by atoms with van der Waals surface area (Å²) >= 11 is 0. The van der Waals surface area contributed by atoms with Crippen molar-refractivity contribution in [3.05, 3.63) is 65.6 Å². The maximum Gasteiger partial charge on any atom is 0.243 e. The molecule has 3 heterocycles. The van der Waals surface area contributed by atoms with Gasteiger partial charge in [-0.25, -0.2) is 0 Å². The molecule has 1 aliphatic rings. The molecule has 0 unspecified atom stereocenters. The smallest absolute Gasteiger partial charge is 0.243 e. The van der Waals surface area contributed by atoms with E-state index in [1.54, 1.807) is 6.20 Å². The average Bonchev–Trinajstić information content (AvgIpc) is 3.08. The first-order chi connectivity index (χ1) is 14.5. The zero-order valence-corrected chi connectivity index (χ0v) is 17.7. The Morgan fingerprint density at radius 3 is 2.70 bits per heavy atom. The molecule has 0 aliphatic carbocycles. The molecular weight excluding hydrogens is 376 g/mol. The summed E-state index contributed by atoms with van der Waals surface area (Å²) in [5.74, 6) is -0.454. The topological polar surface area (TPSA) is 76.0 Å². The summed E-state index contributed by atoms with van der Waals surface area (Å²) in [5, 5.41) is 7.02. The number of fused-ring (bicyclic) bond motifs is 1. The minimum Gasteiger partial charge on any atom is -0.347 e. The molecule has 0 radical (unpaired) electrons. The van der Waals surface area contributed by atoms with Crippen molar-refractivity contribution >= 4 is 22.7 Å². The summed E-state index contributed by atoms with van der Waals surface area (Å²) in [6, 6.07) is 10.8. The number of aromatic nitrogens is 2. The highest BCUT2D eigenvalue weighted by atomic mass is 16.2. The van der Waals surface area contributed by atoms with E-state index in [1.807, 2.05) is 25.1 Å². The van der Waals surface area contributed by atoms with Crippen LogP contribution in [-0.2, 0) is 22.6 Å². The van der Waals surface area contributed by atoms with E-state index in [2.05, 4.69) is 58.4 Å². The zero-order chi connectivity index (χ0) is 21.3. The maximum absolute atomic E-state index is 12.9. The summed E-state index contributed by atoms with van der Waals surface area (Å²) in [7, 11) is 0. The molecule has 2 N–H and O–H groups in total. The largest absolute Gasteiger partial charge is 0.347 e. The molecule has 1 aromatic carbocycles. The number of piperazine rings is 1. The van der Waals surface area contributed by atoms with Gasteiger partial charge in [0.15, 0.2) is 0 Å². The summed E-state index contributed by atoms with van der Waals surface area (Å²) in [6.07, 6.45) is 5.24. The number of carbonyl (C=O) groups is 2. The molecule has 3 aromatic rings. The van der Waals surface area contributed by atoms with Gasteiger partial charge in [0.2, 0.25) is 11.8 Å². The van der Waals surface area contributed by atoms with Gasteiger partial charge in [0.1, 0.15) is 12.1 Å². The van der Waals surface area contributed by atoms with Crippen molar-refractivity contribution in [1.82, 2.24) is 20.2 Å². The van der Waals surface area contributed by atoms with Crippen LogP contribution in [0, 0.1) is 6.92 Å². The summed E-state index contributed by atoms with van der Waals surface area (Å²) < 4.78 is 2.24. The Hall–Kier alpha value is -3.15. The molecule has 1 saturated heterocycles. The number of aryl methyl sites for hydroxylation is 2. The molecule has 30 heavy (non-hydrogen) atoms. The van der Waals surface area contributed by atoms with E-state index in [1.165, 1.54) is 11.1 Å². The average molecular weight is 405 g/mol. The molecule has 4 rings (SSSR count). The van der Waals surface area contributed by atoms with Gasteiger partial charge in [0, 0.05) is 47.9 Å². The van der Waals surface area contributed by atoms with Gasteiger partial charge in [0.05, 0.1) is 0 Å². The Labute approximate surface area is 176 Å². The molecule has 0 spiro atoms. The van der Waals surface area contributed by atoms with Crippen LogP contribution in [0.2, 0.25) is 0 Å². The Bertz CT molecular complexity index is 1070. The van der Waals surface area contributed by atoms with Gasteiger partial charge in [-0.15, -0.1) is 0 Å². The van der Waals surface area contributed by atoms with E-state index in [-0.39, 0.29) is 17.7 Å². The van der Waals surface area contributed by atoms with Crippen LogP contribution in [0.25, 0.3) is 10.9 Å². The van der Waals surface area contributed by atoms with E-state index in [9.17, 15) is 9.59 Å². The standard InChI is InChI=1S/C24H28N4O2/c1-4-11-28-14-19(18-12-15(2)8-9-21(18)28)16(3)22-24(30)26-20(23(29)27-22)13-17-7-5-6-10-25-17/h5-10,12,14,16,20,22H,4,11,13H2,1-3H3,(H,26,30)(H,27,29)/t16-,20+,22-/m1/s1. The van der Waals surface area contributed by atoms with Crippen molar-refractivity contribution in [1.29, 1.82) is 0 Å². The molecule has 2 aromatic heterocycles. The van der Waals surface area contributed by atoms with Gasteiger partial charge in [-0.3, -0.25) is 14.6 Å². The van der Waals surface area contributed by atoms with Crippen LogP contribution < -0.4 is 10.6 Å². The van der Waals surface area contributed by atoms with Crippen molar-refractivity contribution in [2.75, 3.05) is 0 Å².